The number of anilines is 1. The Morgan fingerprint density at radius 2 is 2.05 bits per heavy atom. The predicted molar refractivity (Wildman–Crippen MR) is 80.0 cm³/mol. The molecule has 0 saturated heterocycles. The number of non-ortho nitro benzene ring substituents is 1. The highest BCUT2D eigenvalue weighted by Crippen LogP contribution is 2.32. The van der Waals surface area contributed by atoms with Crippen molar-refractivity contribution in [2.75, 3.05) is 19.0 Å². The van der Waals surface area contributed by atoms with Gasteiger partial charge in [0.25, 0.3) is 5.69 Å². The molecule has 0 spiro atoms. The fraction of sp³-hybridized carbons (Fsp3) is 0.182. The van der Waals surface area contributed by atoms with Gasteiger partial charge in [0.05, 0.1) is 15.5 Å². The van der Waals surface area contributed by atoms with Crippen molar-refractivity contribution in [2.45, 2.75) is 0 Å². The van der Waals surface area contributed by atoms with Crippen molar-refractivity contribution < 1.29 is 9.66 Å². The first-order chi connectivity index (χ1) is 9.86. The second-order valence-corrected chi connectivity index (χ2v) is 5.25. The molecular weight excluding hydrogens is 366 g/mol. The molecule has 0 aliphatic carbocycles. The maximum absolute atomic E-state index is 10.8. The third-order valence-electron chi connectivity index (χ3n) is 2.30. The third kappa shape index (κ3) is 3.76. The number of hydrogen-bond acceptors (Lipinski definition) is 7. The van der Waals surface area contributed by atoms with Crippen LogP contribution in [0.5, 0.6) is 11.8 Å². The minimum atomic E-state index is -0.523. The number of ether oxygens (including phenoxy) is 1. The first-order valence-electron chi connectivity index (χ1n) is 5.57. The second-order valence-electron chi connectivity index (χ2n) is 4.06. The van der Waals surface area contributed by atoms with Crippen LogP contribution in [0.15, 0.2) is 22.7 Å². The van der Waals surface area contributed by atoms with Crippen molar-refractivity contribution in [2.24, 2.45) is 0 Å². The molecule has 0 atom stereocenters. The highest BCUT2D eigenvalue weighted by molar-refractivity contribution is 9.10. The van der Waals surface area contributed by atoms with Crippen molar-refractivity contribution in [1.82, 2.24) is 15.0 Å². The molecule has 110 valence electrons. The van der Waals surface area contributed by atoms with Crippen LogP contribution < -0.4 is 9.64 Å². The summed E-state index contributed by atoms with van der Waals surface area (Å²) in [6, 6.07) is 4.06. The molecule has 0 saturated carbocycles. The Balaban J connectivity index is 2.38. The molecule has 0 aliphatic rings. The van der Waals surface area contributed by atoms with Crippen LogP contribution in [0.3, 0.4) is 0 Å². The van der Waals surface area contributed by atoms with Gasteiger partial charge >= 0.3 is 6.01 Å². The number of rotatable bonds is 4. The van der Waals surface area contributed by atoms with E-state index in [4.69, 9.17) is 16.3 Å². The summed E-state index contributed by atoms with van der Waals surface area (Å²) in [5.74, 6) is 0.516. The SMILES string of the molecule is CN(C)c1nc(Cl)nc(Oc2cc([N+](=O)[O-])ccc2Br)n1. The van der Waals surface area contributed by atoms with Gasteiger partial charge in [0.2, 0.25) is 11.2 Å². The Hall–Kier alpha value is -2.00. The molecule has 0 bridgehead atoms. The quantitative estimate of drug-likeness (QED) is 0.599. The van der Waals surface area contributed by atoms with Crippen LogP contribution in [0.25, 0.3) is 0 Å². The van der Waals surface area contributed by atoms with Crippen molar-refractivity contribution in [1.29, 1.82) is 0 Å². The number of halogens is 2. The van der Waals surface area contributed by atoms with Gasteiger partial charge in [0.15, 0.2) is 5.75 Å². The van der Waals surface area contributed by atoms with Crippen LogP contribution in [0.1, 0.15) is 0 Å². The summed E-state index contributed by atoms with van der Waals surface area (Å²) < 4.78 is 5.97. The van der Waals surface area contributed by atoms with E-state index in [1.807, 2.05) is 0 Å². The Morgan fingerprint density at radius 1 is 1.33 bits per heavy atom. The van der Waals surface area contributed by atoms with Crippen molar-refractivity contribution >= 4 is 39.2 Å². The summed E-state index contributed by atoms with van der Waals surface area (Å²) in [5.41, 5.74) is -0.110. The largest absolute Gasteiger partial charge is 0.423 e. The predicted octanol–water partition coefficient (Wildman–Crippen LogP) is 3.05. The summed E-state index contributed by atoms with van der Waals surface area (Å²) in [6.07, 6.45) is 0. The first-order valence-corrected chi connectivity index (χ1v) is 6.74. The summed E-state index contributed by atoms with van der Waals surface area (Å²) in [4.78, 5) is 23.7. The highest BCUT2D eigenvalue weighted by atomic mass is 79.9. The lowest BCUT2D eigenvalue weighted by Gasteiger charge is -2.11. The molecule has 0 amide bonds. The minimum Gasteiger partial charge on any atom is -0.423 e. The Kier molecular flexibility index (Phi) is 4.53. The smallest absolute Gasteiger partial charge is 0.328 e. The Labute approximate surface area is 133 Å². The molecule has 1 aromatic heterocycles. The Bertz CT molecular complexity index is 698. The molecule has 21 heavy (non-hydrogen) atoms. The van der Waals surface area contributed by atoms with E-state index in [0.717, 1.165) is 0 Å². The van der Waals surface area contributed by atoms with E-state index < -0.39 is 4.92 Å². The molecule has 2 aromatic rings. The van der Waals surface area contributed by atoms with E-state index in [2.05, 4.69) is 30.9 Å². The highest BCUT2D eigenvalue weighted by Gasteiger charge is 2.14. The molecule has 0 unspecified atom stereocenters. The maximum atomic E-state index is 10.8. The fourth-order valence-electron chi connectivity index (χ4n) is 1.35. The van der Waals surface area contributed by atoms with E-state index in [1.165, 1.54) is 18.2 Å². The van der Waals surface area contributed by atoms with Gasteiger partial charge in [-0.1, -0.05) is 0 Å². The summed E-state index contributed by atoms with van der Waals surface area (Å²) in [7, 11) is 3.47. The molecule has 0 radical (unpaired) electrons. The average Bonchev–Trinajstić information content (AvgIpc) is 2.40. The van der Waals surface area contributed by atoms with E-state index in [9.17, 15) is 10.1 Å². The lowest BCUT2D eigenvalue weighted by molar-refractivity contribution is -0.384. The molecule has 10 heteroatoms. The van der Waals surface area contributed by atoms with Crippen LogP contribution >= 0.6 is 27.5 Å². The van der Waals surface area contributed by atoms with Gasteiger partial charge in [-0.15, -0.1) is 0 Å². The molecule has 1 aromatic carbocycles. The maximum Gasteiger partial charge on any atom is 0.328 e. The number of benzene rings is 1. The van der Waals surface area contributed by atoms with Crippen molar-refractivity contribution in [3.05, 3.63) is 38.1 Å². The minimum absolute atomic E-state index is 0.0368. The van der Waals surface area contributed by atoms with Crippen molar-refractivity contribution in [3.63, 3.8) is 0 Å². The van der Waals surface area contributed by atoms with E-state index in [0.29, 0.717) is 10.4 Å². The topological polar surface area (TPSA) is 94.3 Å². The lowest BCUT2D eigenvalue weighted by Crippen LogP contribution is -2.13. The second kappa shape index (κ2) is 6.19. The van der Waals surface area contributed by atoms with Gasteiger partial charge in [-0.3, -0.25) is 10.1 Å². The molecule has 0 aliphatic heterocycles. The number of nitro benzene ring substituents is 1. The number of hydrogen-bond donors (Lipinski definition) is 0. The monoisotopic (exact) mass is 373 g/mol. The van der Waals surface area contributed by atoms with Crippen LogP contribution in [-0.4, -0.2) is 34.0 Å². The zero-order chi connectivity index (χ0) is 15.6. The summed E-state index contributed by atoms with van der Waals surface area (Å²) >= 11 is 9.03. The molecule has 2 rings (SSSR count). The van der Waals surface area contributed by atoms with Gasteiger partial charge in [0.1, 0.15) is 0 Å². The van der Waals surface area contributed by atoms with E-state index >= 15 is 0 Å². The normalized spacial score (nSPS) is 10.3. The zero-order valence-corrected chi connectivity index (χ0v) is 13.3. The average molecular weight is 375 g/mol. The Morgan fingerprint density at radius 3 is 2.67 bits per heavy atom. The van der Waals surface area contributed by atoms with E-state index in [-0.39, 0.29) is 22.7 Å². The summed E-state index contributed by atoms with van der Waals surface area (Å²) in [5, 5.41) is 10.7. The molecular formula is C11H9BrClN5O3. The van der Waals surface area contributed by atoms with Crippen LogP contribution in [0, 0.1) is 10.1 Å². The van der Waals surface area contributed by atoms with Gasteiger partial charge in [-0.05, 0) is 33.6 Å². The van der Waals surface area contributed by atoms with Gasteiger partial charge < -0.3 is 9.64 Å². The number of nitro groups is 1. The van der Waals surface area contributed by atoms with Crippen LogP contribution in [0.2, 0.25) is 5.28 Å². The van der Waals surface area contributed by atoms with Crippen LogP contribution in [-0.2, 0) is 0 Å². The molecule has 8 nitrogen and oxygen atoms in total. The summed E-state index contributed by atoms with van der Waals surface area (Å²) in [6.45, 7) is 0. The fourth-order valence-corrected chi connectivity index (χ4v) is 1.83. The third-order valence-corrected chi connectivity index (χ3v) is 3.13. The molecule has 1 heterocycles. The lowest BCUT2D eigenvalue weighted by atomic mass is 10.3. The number of aromatic nitrogens is 3. The molecule has 0 fully saturated rings. The zero-order valence-electron chi connectivity index (χ0n) is 10.9. The van der Waals surface area contributed by atoms with Gasteiger partial charge in [-0.25, -0.2) is 0 Å². The van der Waals surface area contributed by atoms with Crippen molar-refractivity contribution in [3.8, 4) is 11.8 Å². The number of nitrogens with zero attached hydrogens (tertiary/aromatic N) is 5. The van der Waals surface area contributed by atoms with E-state index in [1.54, 1.807) is 19.0 Å². The van der Waals surface area contributed by atoms with Crippen LogP contribution in [0.4, 0.5) is 11.6 Å². The standard InChI is InChI=1S/C11H9BrClN5O3/c1-17(2)10-14-9(13)15-11(16-10)21-8-5-6(18(19)20)3-4-7(8)12/h3-5H,1-2H3. The first kappa shape index (κ1) is 15.4. The van der Waals surface area contributed by atoms with Gasteiger partial charge in [0, 0.05) is 20.2 Å². The van der Waals surface area contributed by atoms with Gasteiger partial charge in [-0.2, -0.15) is 15.0 Å². The molecule has 0 N–H and O–H groups in total.